The highest BCUT2D eigenvalue weighted by Crippen LogP contribution is 2.42. The van der Waals surface area contributed by atoms with Crippen molar-refractivity contribution in [1.29, 1.82) is 0 Å². The summed E-state index contributed by atoms with van der Waals surface area (Å²) in [6, 6.07) is 18.3. The Morgan fingerprint density at radius 2 is 1.81 bits per heavy atom. The van der Waals surface area contributed by atoms with Gasteiger partial charge in [-0.2, -0.15) is 0 Å². The normalized spacial score (nSPS) is 13.5. The van der Waals surface area contributed by atoms with Crippen LogP contribution < -0.4 is 14.8 Å². The van der Waals surface area contributed by atoms with Crippen LogP contribution in [0, 0.1) is 0 Å². The van der Waals surface area contributed by atoms with Gasteiger partial charge in [-0.25, -0.2) is 0 Å². The maximum Gasteiger partial charge on any atom is 0.256 e. The zero-order valence-corrected chi connectivity index (χ0v) is 20.4. The molecule has 4 aromatic rings. The molecule has 0 aliphatic carbocycles. The van der Waals surface area contributed by atoms with Gasteiger partial charge in [-0.15, -0.1) is 0 Å². The highest BCUT2D eigenvalue weighted by atomic mass is 35.5. The summed E-state index contributed by atoms with van der Waals surface area (Å²) in [4.78, 5) is 12.7. The monoisotopic (exact) mass is 502 g/mol. The molecule has 5 rings (SSSR count). The Labute approximate surface area is 212 Å². The fraction of sp³-hybridized carbons (Fsp3) is 0.143. The maximum atomic E-state index is 12.7. The number of benzene rings is 3. The number of nitrogens with one attached hydrogen (secondary N) is 1. The van der Waals surface area contributed by atoms with Crippen LogP contribution in [0.25, 0.3) is 33.9 Å². The molecule has 8 heteroatoms. The standard InChI is InChI=1S/C28H23ClN2O5/c1-3-11-35-26-13-18(36-31-26)12-22-21-14-20(23(29)15-24(21)30-28(22)33)17-9-7-16(8-10-17)19-5-4-6-25(34-2)27(19)32/h4-10,12-15,32H,3,11H2,1-2H3,(H,30,33). The highest BCUT2D eigenvalue weighted by molar-refractivity contribution is 6.38. The summed E-state index contributed by atoms with van der Waals surface area (Å²) in [5.41, 5.74) is 4.90. The molecule has 1 aromatic heterocycles. The van der Waals surface area contributed by atoms with E-state index in [4.69, 9.17) is 25.6 Å². The van der Waals surface area contributed by atoms with Crippen molar-refractivity contribution >= 4 is 34.8 Å². The van der Waals surface area contributed by atoms with Gasteiger partial charge in [0.15, 0.2) is 17.3 Å². The zero-order valence-electron chi connectivity index (χ0n) is 19.7. The summed E-state index contributed by atoms with van der Waals surface area (Å²) >= 11 is 6.60. The van der Waals surface area contributed by atoms with E-state index in [0.717, 1.165) is 23.1 Å². The van der Waals surface area contributed by atoms with E-state index in [-0.39, 0.29) is 11.7 Å². The third kappa shape index (κ3) is 4.41. The summed E-state index contributed by atoms with van der Waals surface area (Å²) in [7, 11) is 1.52. The molecule has 0 atom stereocenters. The Morgan fingerprint density at radius 1 is 1.06 bits per heavy atom. The molecule has 0 bridgehead atoms. The molecule has 1 amide bonds. The Kier molecular flexibility index (Phi) is 6.40. The van der Waals surface area contributed by atoms with Crippen molar-refractivity contribution in [1.82, 2.24) is 5.16 Å². The second-order valence-corrected chi connectivity index (χ2v) is 8.65. The van der Waals surface area contributed by atoms with Gasteiger partial charge in [0, 0.05) is 22.8 Å². The molecule has 7 nitrogen and oxygen atoms in total. The maximum absolute atomic E-state index is 12.7. The predicted octanol–water partition coefficient (Wildman–Crippen LogP) is 6.66. The van der Waals surface area contributed by atoms with Crippen LogP contribution in [0.1, 0.15) is 24.7 Å². The molecule has 0 fully saturated rings. The van der Waals surface area contributed by atoms with Crippen LogP contribution in [0.3, 0.4) is 0 Å². The number of aromatic nitrogens is 1. The van der Waals surface area contributed by atoms with Crippen molar-refractivity contribution in [2.24, 2.45) is 0 Å². The van der Waals surface area contributed by atoms with Crippen LogP contribution in [0.2, 0.25) is 5.02 Å². The molecule has 2 heterocycles. The first-order valence-corrected chi connectivity index (χ1v) is 11.8. The number of methoxy groups -OCH3 is 1. The largest absolute Gasteiger partial charge is 0.504 e. The van der Waals surface area contributed by atoms with Crippen LogP contribution in [0.5, 0.6) is 17.4 Å². The molecule has 2 N–H and O–H groups in total. The zero-order chi connectivity index (χ0) is 25.2. The first-order chi connectivity index (χ1) is 17.5. The van der Waals surface area contributed by atoms with E-state index in [9.17, 15) is 9.90 Å². The number of aromatic hydroxyl groups is 1. The van der Waals surface area contributed by atoms with Crippen molar-refractivity contribution in [2.45, 2.75) is 13.3 Å². The van der Waals surface area contributed by atoms with Crippen molar-refractivity contribution < 1.29 is 23.9 Å². The number of hydrogen-bond acceptors (Lipinski definition) is 6. The van der Waals surface area contributed by atoms with E-state index in [1.54, 1.807) is 24.3 Å². The molecule has 36 heavy (non-hydrogen) atoms. The second kappa shape index (κ2) is 9.79. The molecule has 1 aliphatic heterocycles. The van der Waals surface area contributed by atoms with Crippen molar-refractivity contribution in [3.63, 3.8) is 0 Å². The number of para-hydroxylation sites is 1. The first-order valence-electron chi connectivity index (χ1n) is 11.4. The molecular weight excluding hydrogens is 480 g/mol. The fourth-order valence-corrected chi connectivity index (χ4v) is 4.36. The number of ether oxygens (including phenoxy) is 2. The van der Waals surface area contributed by atoms with Crippen LogP contribution in [-0.4, -0.2) is 29.9 Å². The minimum atomic E-state index is -0.255. The number of carbonyl (C=O) groups is 1. The van der Waals surface area contributed by atoms with Gasteiger partial charge in [-0.3, -0.25) is 4.79 Å². The lowest BCUT2D eigenvalue weighted by molar-refractivity contribution is -0.110. The van der Waals surface area contributed by atoms with Crippen LogP contribution in [-0.2, 0) is 4.79 Å². The molecular formula is C28H23ClN2O5. The van der Waals surface area contributed by atoms with Crippen LogP contribution in [0.15, 0.2) is 65.2 Å². The van der Waals surface area contributed by atoms with Crippen LogP contribution >= 0.6 is 11.6 Å². The quantitative estimate of drug-likeness (QED) is 0.274. The first kappa shape index (κ1) is 23.5. The second-order valence-electron chi connectivity index (χ2n) is 8.24. The number of phenols is 1. The lowest BCUT2D eigenvalue weighted by atomic mass is 9.96. The molecule has 3 aromatic carbocycles. The van der Waals surface area contributed by atoms with Crippen molar-refractivity contribution in [3.8, 4) is 39.6 Å². The lowest BCUT2D eigenvalue weighted by Gasteiger charge is -2.11. The topological polar surface area (TPSA) is 93.8 Å². The van der Waals surface area contributed by atoms with E-state index in [1.165, 1.54) is 7.11 Å². The van der Waals surface area contributed by atoms with Gasteiger partial charge in [-0.05, 0) is 47.0 Å². The SMILES string of the molecule is CCCOc1cc(C=C2C(=O)Nc3cc(Cl)c(-c4ccc(-c5cccc(OC)c5O)cc4)cc32)on1. The number of nitrogens with zero attached hydrogens (tertiary/aromatic N) is 1. The van der Waals surface area contributed by atoms with Gasteiger partial charge in [0.05, 0.1) is 30.0 Å². The fourth-order valence-electron chi connectivity index (χ4n) is 4.08. The van der Waals surface area contributed by atoms with E-state index in [2.05, 4.69) is 10.5 Å². The number of rotatable bonds is 7. The summed E-state index contributed by atoms with van der Waals surface area (Å²) in [5.74, 6) is 1.03. The van der Waals surface area contributed by atoms with Gasteiger partial charge >= 0.3 is 0 Å². The van der Waals surface area contributed by atoms with Gasteiger partial charge in [0.25, 0.3) is 11.8 Å². The summed E-state index contributed by atoms with van der Waals surface area (Å²) in [5, 5.41) is 17.7. The Balaban J connectivity index is 1.48. The number of hydrogen-bond donors (Lipinski definition) is 2. The minimum absolute atomic E-state index is 0.0818. The Bertz CT molecular complexity index is 1470. The number of anilines is 1. The Hall–Kier alpha value is -4.23. The molecule has 1 aliphatic rings. The summed E-state index contributed by atoms with van der Waals surface area (Å²) < 4.78 is 16.0. The lowest BCUT2D eigenvalue weighted by Crippen LogP contribution is -2.03. The number of amides is 1. The van der Waals surface area contributed by atoms with Crippen LogP contribution in [0.4, 0.5) is 5.69 Å². The minimum Gasteiger partial charge on any atom is -0.504 e. The summed E-state index contributed by atoms with van der Waals surface area (Å²) in [6.45, 7) is 2.53. The van der Waals surface area contributed by atoms with Crippen molar-refractivity contribution in [2.75, 3.05) is 19.0 Å². The third-order valence-corrected chi connectivity index (χ3v) is 6.18. The average Bonchev–Trinajstić information content (AvgIpc) is 3.46. The van der Waals surface area contributed by atoms with Crippen molar-refractivity contribution in [3.05, 3.63) is 77.0 Å². The molecule has 182 valence electrons. The van der Waals surface area contributed by atoms with E-state index >= 15 is 0 Å². The highest BCUT2D eigenvalue weighted by Gasteiger charge is 2.26. The number of fused-ring (bicyclic) bond motifs is 1. The Morgan fingerprint density at radius 3 is 2.53 bits per heavy atom. The molecule has 0 radical (unpaired) electrons. The van der Waals surface area contributed by atoms with Gasteiger partial charge in [-0.1, -0.05) is 54.9 Å². The van der Waals surface area contributed by atoms with E-state index in [1.807, 2.05) is 49.4 Å². The van der Waals surface area contributed by atoms with Gasteiger partial charge in [0.1, 0.15) is 0 Å². The summed E-state index contributed by atoms with van der Waals surface area (Å²) in [6.07, 6.45) is 2.49. The van der Waals surface area contributed by atoms with E-state index in [0.29, 0.717) is 51.4 Å². The number of phenolic OH excluding ortho intramolecular Hbond substituents is 1. The molecule has 0 saturated heterocycles. The number of carbonyl (C=O) groups excluding carboxylic acids is 1. The van der Waals surface area contributed by atoms with E-state index < -0.39 is 0 Å². The van der Waals surface area contributed by atoms with Gasteiger partial charge < -0.3 is 24.4 Å². The smallest absolute Gasteiger partial charge is 0.256 e. The third-order valence-electron chi connectivity index (χ3n) is 5.86. The molecule has 0 saturated carbocycles. The molecule has 0 unspecified atom stereocenters. The molecule has 0 spiro atoms. The van der Waals surface area contributed by atoms with Gasteiger partial charge in [0.2, 0.25) is 0 Å². The predicted molar refractivity (Wildman–Crippen MR) is 139 cm³/mol. The average molecular weight is 503 g/mol. The number of halogens is 1.